The minimum Gasteiger partial charge on any atom is -0.475 e. The van der Waals surface area contributed by atoms with Crippen molar-refractivity contribution in [1.82, 2.24) is 9.80 Å². The van der Waals surface area contributed by atoms with Gasteiger partial charge in [0, 0.05) is 32.6 Å². The van der Waals surface area contributed by atoms with Gasteiger partial charge in [0.1, 0.15) is 0 Å². The first kappa shape index (κ1) is 31.8. The van der Waals surface area contributed by atoms with Gasteiger partial charge in [0.05, 0.1) is 24.9 Å². The Kier molecular flexibility index (Phi) is 11.8. The number of hydrogen-bond acceptors (Lipinski definition) is 6. The van der Waals surface area contributed by atoms with E-state index in [1.54, 1.807) is 0 Å². The fourth-order valence-corrected chi connectivity index (χ4v) is 4.45. The van der Waals surface area contributed by atoms with Crippen LogP contribution in [0.15, 0.2) is 30.3 Å². The van der Waals surface area contributed by atoms with Gasteiger partial charge < -0.3 is 24.6 Å². The second-order valence-electron chi connectivity index (χ2n) is 9.29. The van der Waals surface area contributed by atoms with Gasteiger partial charge in [-0.3, -0.25) is 4.90 Å². The first-order valence-corrected chi connectivity index (χ1v) is 12.0. The maximum atomic E-state index is 10.6. The molecule has 2 atom stereocenters. The summed E-state index contributed by atoms with van der Waals surface area (Å²) in [6.07, 6.45) is -4.95. The molecule has 3 saturated heterocycles. The van der Waals surface area contributed by atoms with Crippen molar-refractivity contribution in [2.75, 3.05) is 45.9 Å². The second kappa shape index (κ2) is 14.1. The first-order valence-electron chi connectivity index (χ1n) is 12.0. The molecule has 1 aromatic carbocycles. The third-order valence-electron chi connectivity index (χ3n) is 6.26. The highest BCUT2D eigenvalue weighted by atomic mass is 19.4. The predicted molar refractivity (Wildman–Crippen MR) is 122 cm³/mol. The Labute approximate surface area is 216 Å². The molecule has 14 heteroatoms. The van der Waals surface area contributed by atoms with Crippen LogP contribution < -0.4 is 0 Å². The summed E-state index contributed by atoms with van der Waals surface area (Å²) in [6.45, 7) is 8.45. The molecule has 3 aliphatic rings. The number of carboxylic acid groups (broad SMARTS) is 2. The van der Waals surface area contributed by atoms with E-state index in [9.17, 15) is 26.3 Å². The maximum Gasteiger partial charge on any atom is 0.490 e. The molecule has 0 bridgehead atoms. The van der Waals surface area contributed by atoms with Gasteiger partial charge in [-0.05, 0) is 37.9 Å². The molecule has 2 N–H and O–H groups in total. The highest BCUT2D eigenvalue weighted by Crippen LogP contribution is 2.36. The van der Waals surface area contributed by atoms with E-state index in [0.29, 0.717) is 6.10 Å². The number of halogens is 6. The number of carbonyl (C=O) groups is 2. The van der Waals surface area contributed by atoms with Gasteiger partial charge in [0.15, 0.2) is 0 Å². The fraction of sp³-hybridized carbons (Fsp3) is 0.667. The van der Waals surface area contributed by atoms with Gasteiger partial charge in [0.25, 0.3) is 0 Å². The molecule has 1 spiro atoms. The minimum absolute atomic E-state index is 0.0487. The Morgan fingerprint density at radius 2 is 1.50 bits per heavy atom. The molecule has 0 aromatic heterocycles. The molecule has 3 aliphatic heterocycles. The summed E-state index contributed by atoms with van der Waals surface area (Å²) in [6, 6.07) is 10.8. The molecule has 0 amide bonds. The third-order valence-corrected chi connectivity index (χ3v) is 6.26. The lowest BCUT2D eigenvalue weighted by Gasteiger charge is -2.23. The van der Waals surface area contributed by atoms with Crippen LogP contribution in [0.3, 0.4) is 0 Å². The second-order valence-corrected chi connectivity index (χ2v) is 9.29. The number of benzene rings is 1. The zero-order valence-electron chi connectivity index (χ0n) is 20.6. The van der Waals surface area contributed by atoms with Gasteiger partial charge >= 0.3 is 24.3 Å². The Morgan fingerprint density at radius 3 is 2.03 bits per heavy atom. The molecule has 4 rings (SSSR count). The number of ether oxygens (including phenoxy) is 2. The lowest BCUT2D eigenvalue weighted by Crippen LogP contribution is -2.33. The number of aliphatic carboxylic acids is 2. The van der Waals surface area contributed by atoms with E-state index in [0.717, 1.165) is 52.2 Å². The SMILES string of the molecule is O=C(O)C(F)(F)F.O=C(O)C(F)(F)F.c1ccc(CN2CC[C@]3(C[C@H](OCCN4CCCC4)CO3)C2)cc1. The number of carboxylic acids is 2. The number of alkyl halides is 6. The quantitative estimate of drug-likeness (QED) is 0.509. The van der Waals surface area contributed by atoms with Crippen molar-refractivity contribution in [3.05, 3.63) is 35.9 Å². The third kappa shape index (κ3) is 11.1. The van der Waals surface area contributed by atoms with Gasteiger partial charge in [-0.25, -0.2) is 9.59 Å². The average Bonchev–Trinajstić information content (AvgIpc) is 3.57. The van der Waals surface area contributed by atoms with Gasteiger partial charge in [-0.1, -0.05) is 30.3 Å². The Balaban J connectivity index is 0.000000301. The van der Waals surface area contributed by atoms with Crippen LogP contribution >= 0.6 is 0 Å². The number of nitrogens with zero attached hydrogens (tertiary/aromatic N) is 2. The molecule has 0 radical (unpaired) electrons. The van der Waals surface area contributed by atoms with E-state index < -0.39 is 24.3 Å². The predicted octanol–water partition coefficient (Wildman–Crippen LogP) is 3.80. The molecule has 1 aromatic rings. The van der Waals surface area contributed by atoms with Gasteiger partial charge in [-0.15, -0.1) is 0 Å². The van der Waals surface area contributed by atoms with E-state index in [2.05, 4.69) is 40.1 Å². The molecule has 216 valence electrons. The van der Waals surface area contributed by atoms with Gasteiger partial charge in [0.2, 0.25) is 0 Å². The molecule has 38 heavy (non-hydrogen) atoms. The highest BCUT2D eigenvalue weighted by molar-refractivity contribution is 5.73. The normalized spacial score (nSPS) is 24.0. The monoisotopic (exact) mass is 558 g/mol. The molecule has 0 saturated carbocycles. The lowest BCUT2D eigenvalue weighted by molar-refractivity contribution is -0.193. The fourth-order valence-electron chi connectivity index (χ4n) is 4.45. The average molecular weight is 559 g/mol. The first-order chi connectivity index (χ1) is 17.7. The molecule has 3 fully saturated rings. The summed E-state index contributed by atoms with van der Waals surface area (Å²) in [7, 11) is 0. The van der Waals surface area contributed by atoms with E-state index >= 15 is 0 Å². The molecular weight excluding hydrogens is 526 g/mol. The highest BCUT2D eigenvalue weighted by Gasteiger charge is 2.45. The van der Waals surface area contributed by atoms with Crippen molar-refractivity contribution < 1.29 is 55.6 Å². The van der Waals surface area contributed by atoms with Gasteiger partial charge in [-0.2, -0.15) is 26.3 Å². The molecule has 0 unspecified atom stereocenters. The van der Waals surface area contributed by atoms with E-state index in [1.165, 1.54) is 31.5 Å². The summed E-state index contributed by atoms with van der Waals surface area (Å²) in [5.74, 6) is -5.51. The van der Waals surface area contributed by atoms with E-state index in [1.807, 2.05) is 0 Å². The standard InChI is InChI=1S/C20H30N2O2.2C2HF3O2/c1-2-6-18(7-3-1)15-22-11-8-20(17-22)14-19(16-24-20)23-13-12-21-9-4-5-10-21;2*3-2(4,5)1(6)7/h1-3,6-7,19H,4-5,8-17H2;2*(H,6,7)/t19-,20-;;/m0../s1. The smallest absolute Gasteiger partial charge is 0.475 e. The number of hydrogen-bond donors (Lipinski definition) is 2. The lowest BCUT2D eigenvalue weighted by atomic mass is 9.98. The Morgan fingerprint density at radius 1 is 0.947 bits per heavy atom. The van der Waals surface area contributed by atoms with E-state index in [-0.39, 0.29) is 5.60 Å². The maximum absolute atomic E-state index is 10.6. The van der Waals surface area contributed by atoms with Crippen LogP contribution in [0, 0.1) is 0 Å². The molecule has 8 nitrogen and oxygen atoms in total. The molecular formula is C24H32F6N2O6. The topological polar surface area (TPSA) is 99.5 Å². The summed E-state index contributed by atoms with van der Waals surface area (Å²) >= 11 is 0. The zero-order chi connectivity index (χ0) is 28.4. The molecule has 0 aliphatic carbocycles. The summed E-state index contributed by atoms with van der Waals surface area (Å²) in [4.78, 5) is 22.8. The number of likely N-dealkylation sites (tertiary alicyclic amines) is 2. The van der Waals surface area contributed by atoms with Crippen molar-refractivity contribution in [1.29, 1.82) is 0 Å². The minimum atomic E-state index is -5.08. The van der Waals surface area contributed by atoms with Crippen LogP contribution in [-0.2, 0) is 25.6 Å². The van der Waals surface area contributed by atoms with E-state index in [4.69, 9.17) is 29.3 Å². The number of rotatable bonds is 6. The van der Waals surface area contributed by atoms with Crippen LogP contribution in [0.4, 0.5) is 26.3 Å². The van der Waals surface area contributed by atoms with Crippen LogP contribution in [-0.4, -0.2) is 102 Å². The summed E-state index contributed by atoms with van der Waals surface area (Å²) in [5.41, 5.74) is 1.44. The van der Waals surface area contributed by atoms with Crippen molar-refractivity contribution in [2.24, 2.45) is 0 Å². The largest absolute Gasteiger partial charge is 0.490 e. The summed E-state index contributed by atoms with van der Waals surface area (Å²) in [5, 5.41) is 14.2. The summed E-state index contributed by atoms with van der Waals surface area (Å²) < 4.78 is 75.8. The van der Waals surface area contributed by atoms with Crippen LogP contribution in [0.5, 0.6) is 0 Å². The van der Waals surface area contributed by atoms with Crippen LogP contribution in [0.25, 0.3) is 0 Å². The van der Waals surface area contributed by atoms with Crippen molar-refractivity contribution in [3.63, 3.8) is 0 Å². The van der Waals surface area contributed by atoms with Crippen molar-refractivity contribution in [3.8, 4) is 0 Å². The van der Waals surface area contributed by atoms with Crippen LogP contribution in [0.1, 0.15) is 31.2 Å². The Hall–Kier alpha value is -2.42. The zero-order valence-corrected chi connectivity index (χ0v) is 20.6. The Bertz CT molecular complexity index is 855. The molecule has 3 heterocycles. The van der Waals surface area contributed by atoms with Crippen LogP contribution in [0.2, 0.25) is 0 Å². The van der Waals surface area contributed by atoms with Crippen molar-refractivity contribution >= 4 is 11.9 Å². The van der Waals surface area contributed by atoms with Crippen molar-refractivity contribution in [2.45, 2.75) is 56.3 Å².